The van der Waals surface area contributed by atoms with E-state index in [1.54, 1.807) is 0 Å². The normalized spacial score (nSPS) is 34.1. The Bertz CT molecular complexity index is 897. The Morgan fingerprint density at radius 2 is 2.06 bits per heavy atom. The smallest absolute Gasteiger partial charge is 0.222 e. The molecule has 3 unspecified atom stereocenters. The summed E-state index contributed by atoms with van der Waals surface area (Å²) < 4.78 is 0. The molecule has 3 aliphatic rings. The molecule has 4 heteroatoms. The number of aryl methyl sites for hydroxylation is 1. The third-order valence-electron chi connectivity index (χ3n) is 9.84. The summed E-state index contributed by atoms with van der Waals surface area (Å²) in [5.74, 6) is 1.88. The zero-order chi connectivity index (χ0) is 24.5. The van der Waals surface area contributed by atoms with Crippen LogP contribution in [0.1, 0.15) is 95.1 Å². The Hall–Kier alpha value is -1.81. The second kappa shape index (κ2) is 10.0. The minimum absolute atomic E-state index is 0.00465. The molecule has 0 aromatic heterocycles. The van der Waals surface area contributed by atoms with Gasteiger partial charge in [0.1, 0.15) is 5.75 Å². The molecule has 0 saturated heterocycles. The summed E-state index contributed by atoms with van der Waals surface area (Å²) in [6.07, 6.45) is 12.8. The maximum Gasteiger partial charge on any atom is 0.222 e. The molecule has 3 aliphatic carbocycles. The molecule has 188 valence electrons. The monoisotopic (exact) mass is 467 g/mol. The summed E-state index contributed by atoms with van der Waals surface area (Å²) >= 11 is 0. The van der Waals surface area contributed by atoms with Gasteiger partial charge in [-0.1, -0.05) is 38.8 Å². The molecule has 4 nitrogen and oxygen atoms in total. The number of fused-ring (bicyclic) bond motifs is 5. The van der Waals surface area contributed by atoms with E-state index in [1.165, 1.54) is 11.1 Å². The van der Waals surface area contributed by atoms with Gasteiger partial charge in [-0.05, 0) is 103 Å². The lowest BCUT2D eigenvalue weighted by Gasteiger charge is -2.60. The van der Waals surface area contributed by atoms with Gasteiger partial charge < -0.3 is 15.1 Å². The Morgan fingerprint density at radius 3 is 2.79 bits per heavy atom. The van der Waals surface area contributed by atoms with Gasteiger partial charge in [-0.3, -0.25) is 4.79 Å². The molecule has 0 aliphatic heterocycles. The van der Waals surface area contributed by atoms with Gasteiger partial charge in [-0.25, -0.2) is 0 Å². The highest BCUT2D eigenvalue weighted by Crippen LogP contribution is 2.69. The summed E-state index contributed by atoms with van der Waals surface area (Å²) in [5, 5.41) is 21.2. The van der Waals surface area contributed by atoms with Crippen molar-refractivity contribution < 1.29 is 15.0 Å². The number of phenolic OH excluding ortho intramolecular Hbond substituents is 1. The number of aliphatic hydroxyl groups is 1. The molecule has 1 amide bonds. The van der Waals surface area contributed by atoms with Gasteiger partial charge in [-0.15, -0.1) is 6.58 Å². The molecule has 0 heterocycles. The first-order chi connectivity index (χ1) is 16.3. The van der Waals surface area contributed by atoms with Crippen LogP contribution in [0.5, 0.6) is 5.75 Å². The predicted molar refractivity (Wildman–Crippen MR) is 138 cm³/mol. The highest BCUT2D eigenvalue weighted by Gasteiger charge is 2.63. The largest absolute Gasteiger partial charge is 0.508 e. The fourth-order valence-electron chi connectivity index (χ4n) is 8.09. The lowest BCUT2D eigenvalue weighted by molar-refractivity contribution is -0.130. The Kier molecular flexibility index (Phi) is 7.47. The zero-order valence-corrected chi connectivity index (χ0v) is 21.6. The minimum Gasteiger partial charge on any atom is -0.508 e. The van der Waals surface area contributed by atoms with Crippen LogP contribution < -0.4 is 0 Å². The van der Waals surface area contributed by atoms with E-state index in [4.69, 9.17) is 0 Å². The first kappa shape index (κ1) is 25.3. The van der Waals surface area contributed by atoms with E-state index in [0.29, 0.717) is 29.9 Å². The van der Waals surface area contributed by atoms with Crippen LogP contribution in [0, 0.1) is 22.7 Å². The Labute approximate surface area is 206 Å². The molecule has 1 aromatic carbocycles. The van der Waals surface area contributed by atoms with Gasteiger partial charge >= 0.3 is 0 Å². The van der Waals surface area contributed by atoms with Crippen molar-refractivity contribution in [1.82, 2.24) is 4.90 Å². The second-order valence-corrected chi connectivity index (χ2v) is 11.7. The fraction of sp³-hybridized carbons (Fsp3) is 0.700. The van der Waals surface area contributed by atoms with E-state index in [0.717, 1.165) is 70.8 Å². The van der Waals surface area contributed by atoms with Crippen LogP contribution in [0.3, 0.4) is 0 Å². The van der Waals surface area contributed by atoms with Crippen LogP contribution in [0.4, 0.5) is 0 Å². The predicted octanol–water partition coefficient (Wildman–Crippen LogP) is 6.21. The van der Waals surface area contributed by atoms with Crippen molar-refractivity contribution in [2.24, 2.45) is 22.7 Å². The number of phenols is 1. The Balaban J connectivity index is 1.55. The summed E-state index contributed by atoms with van der Waals surface area (Å²) in [5.41, 5.74) is 2.59. The van der Waals surface area contributed by atoms with Crippen LogP contribution >= 0.6 is 0 Å². The van der Waals surface area contributed by atoms with Gasteiger partial charge in [-0.2, -0.15) is 0 Å². The highest BCUT2D eigenvalue weighted by molar-refractivity contribution is 5.75. The molecule has 0 bridgehead atoms. The van der Waals surface area contributed by atoms with Gasteiger partial charge in [0, 0.05) is 20.0 Å². The number of hydrogen-bond acceptors (Lipinski definition) is 3. The number of aromatic hydroxyl groups is 1. The van der Waals surface area contributed by atoms with Crippen molar-refractivity contribution in [2.75, 3.05) is 13.6 Å². The van der Waals surface area contributed by atoms with Crippen LogP contribution in [0.15, 0.2) is 30.9 Å². The number of unbranched alkanes of at least 4 members (excludes halogenated alkanes) is 2. The molecule has 4 rings (SSSR count). The third-order valence-corrected chi connectivity index (χ3v) is 9.84. The number of aliphatic hydroxyl groups excluding tert-OH is 1. The van der Waals surface area contributed by atoms with Crippen molar-refractivity contribution in [3.05, 3.63) is 42.0 Å². The van der Waals surface area contributed by atoms with E-state index in [2.05, 4.69) is 32.6 Å². The van der Waals surface area contributed by atoms with E-state index in [9.17, 15) is 15.0 Å². The fourth-order valence-corrected chi connectivity index (χ4v) is 8.09. The average Bonchev–Trinajstić information content (AvgIpc) is 3.13. The SMILES string of the molecule is C=CC12CCc3cc(O)ccc3C1[C@@H](CCCCC(=O)N(C)CCCC)C[C@@]1(C)C2CC[C@@H]1O. The lowest BCUT2D eigenvalue weighted by atomic mass is 9.44. The quantitative estimate of drug-likeness (QED) is 0.335. The number of nitrogens with zero attached hydrogens (tertiary/aromatic N) is 1. The second-order valence-electron chi connectivity index (χ2n) is 11.7. The molecule has 6 atom stereocenters. The molecule has 2 saturated carbocycles. The summed E-state index contributed by atoms with van der Waals surface area (Å²) in [4.78, 5) is 14.4. The Morgan fingerprint density at radius 1 is 1.26 bits per heavy atom. The molecule has 0 spiro atoms. The maximum absolute atomic E-state index is 12.5. The number of rotatable bonds is 9. The van der Waals surface area contributed by atoms with E-state index < -0.39 is 0 Å². The molecular weight excluding hydrogens is 422 g/mol. The van der Waals surface area contributed by atoms with Crippen LogP contribution in [0.25, 0.3) is 0 Å². The number of carbonyl (C=O) groups excluding carboxylic acids is 1. The van der Waals surface area contributed by atoms with Crippen molar-refractivity contribution in [3.8, 4) is 5.75 Å². The van der Waals surface area contributed by atoms with Crippen molar-refractivity contribution in [2.45, 2.75) is 96.5 Å². The third kappa shape index (κ3) is 4.32. The average molecular weight is 468 g/mol. The minimum atomic E-state index is -0.243. The van der Waals surface area contributed by atoms with Gasteiger partial charge in [0.05, 0.1) is 6.10 Å². The first-order valence-corrected chi connectivity index (χ1v) is 13.6. The first-order valence-electron chi connectivity index (χ1n) is 13.6. The number of carbonyl (C=O) groups is 1. The molecule has 2 N–H and O–H groups in total. The van der Waals surface area contributed by atoms with Gasteiger partial charge in [0.25, 0.3) is 0 Å². The van der Waals surface area contributed by atoms with Crippen LogP contribution in [-0.4, -0.2) is 40.7 Å². The standard InChI is InChI=1S/C30H45NO3/c1-5-7-18-31(4)27(34)11-9-8-10-22-20-29(3)25(14-15-26(29)33)30(6-2)17-16-21-19-23(32)12-13-24(21)28(22)30/h6,12-13,19,22,25-26,28,32-33H,2,5,7-11,14-18,20H2,1,3-4H3/t22-,25?,26-,28?,29-,30?/m0/s1. The van der Waals surface area contributed by atoms with E-state index in [-0.39, 0.29) is 22.8 Å². The van der Waals surface area contributed by atoms with E-state index in [1.807, 2.05) is 24.1 Å². The molecule has 2 fully saturated rings. The van der Waals surface area contributed by atoms with Crippen LogP contribution in [-0.2, 0) is 11.2 Å². The summed E-state index contributed by atoms with van der Waals surface area (Å²) in [6.45, 7) is 9.71. The molecule has 1 aromatic rings. The number of allylic oxidation sites excluding steroid dienone is 1. The van der Waals surface area contributed by atoms with Crippen molar-refractivity contribution >= 4 is 5.91 Å². The van der Waals surface area contributed by atoms with E-state index >= 15 is 0 Å². The van der Waals surface area contributed by atoms with Crippen LogP contribution in [0.2, 0.25) is 0 Å². The molecular formula is C30H45NO3. The summed E-state index contributed by atoms with van der Waals surface area (Å²) in [6, 6.07) is 5.96. The maximum atomic E-state index is 12.5. The number of benzene rings is 1. The van der Waals surface area contributed by atoms with Crippen molar-refractivity contribution in [3.63, 3.8) is 0 Å². The lowest BCUT2D eigenvalue weighted by Crippen LogP contribution is -2.54. The zero-order valence-electron chi connectivity index (χ0n) is 21.6. The highest BCUT2D eigenvalue weighted by atomic mass is 16.3. The topological polar surface area (TPSA) is 60.8 Å². The van der Waals surface area contributed by atoms with Gasteiger partial charge in [0.15, 0.2) is 0 Å². The number of amides is 1. The summed E-state index contributed by atoms with van der Waals surface area (Å²) in [7, 11) is 1.93. The van der Waals surface area contributed by atoms with Gasteiger partial charge in [0.2, 0.25) is 5.91 Å². The molecule has 34 heavy (non-hydrogen) atoms. The van der Waals surface area contributed by atoms with Crippen molar-refractivity contribution in [1.29, 1.82) is 0 Å². The number of hydrogen-bond donors (Lipinski definition) is 2. The molecule has 0 radical (unpaired) electrons.